The van der Waals surface area contributed by atoms with Crippen LogP contribution in [-0.2, 0) is 14.2 Å². The third-order valence-corrected chi connectivity index (χ3v) is 1.89. The predicted octanol–water partition coefficient (Wildman–Crippen LogP) is 0.0265. The fourth-order valence-corrected chi connectivity index (χ4v) is 1.13. The van der Waals surface area contributed by atoms with E-state index in [1.54, 1.807) is 7.11 Å². The van der Waals surface area contributed by atoms with Gasteiger partial charge in [-0.15, -0.1) is 0 Å². The molecular weight excluding hydrogens is 210 g/mol. The van der Waals surface area contributed by atoms with Crippen molar-refractivity contribution in [1.82, 2.24) is 5.32 Å². The lowest BCUT2D eigenvalue weighted by molar-refractivity contribution is -0.0225. The first-order valence-electron chi connectivity index (χ1n) is 5.84. The summed E-state index contributed by atoms with van der Waals surface area (Å²) in [5.74, 6) is 0. The van der Waals surface area contributed by atoms with E-state index in [9.17, 15) is 5.11 Å². The number of aliphatic hydroxyl groups excluding tert-OH is 1. The molecule has 98 valence electrons. The number of aliphatic hydroxyl groups is 1. The number of methoxy groups -OCH3 is 1. The van der Waals surface area contributed by atoms with E-state index in [0.717, 1.165) is 19.5 Å². The summed E-state index contributed by atoms with van der Waals surface area (Å²) < 4.78 is 15.3. The van der Waals surface area contributed by atoms with E-state index in [-0.39, 0.29) is 0 Å². The van der Waals surface area contributed by atoms with E-state index in [4.69, 9.17) is 14.2 Å². The smallest absolute Gasteiger partial charge is 0.101 e. The minimum atomic E-state index is -0.545. The Kier molecular flexibility index (Phi) is 12.7. The van der Waals surface area contributed by atoms with Crippen LogP contribution in [0, 0.1) is 0 Å². The van der Waals surface area contributed by atoms with Crippen molar-refractivity contribution in [3.63, 3.8) is 0 Å². The van der Waals surface area contributed by atoms with Crippen LogP contribution in [0.3, 0.4) is 0 Å². The average Bonchev–Trinajstić information content (AvgIpc) is 2.27. The van der Waals surface area contributed by atoms with Crippen LogP contribution in [0.15, 0.2) is 0 Å². The Balaban J connectivity index is 2.98. The molecule has 0 spiro atoms. The van der Waals surface area contributed by atoms with Crippen LogP contribution in [0.2, 0.25) is 0 Å². The molecule has 5 heteroatoms. The van der Waals surface area contributed by atoms with E-state index in [0.29, 0.717) is 33.0 Å². The zero-order chi connectivity index (χ0) is 12.1. The van der Waals surface area contributed by atoms with Crippen LogP contribution < -0.4 is 5.32 Å². The van der Waals surface area contributed by atoms with E-state index >= 15 is 0 Å². The van der Waals surface area contributed by atoms with E-state index in [2.05, 4.69) is 12.2 Å². The maximum atomic E-state index is 9.25. The van der Waals surface area contributed by atoms with E-state index in [1.165, 1.54) is 0 Å². The third-order valence-electron chi connectivity index (χ3n) is 1.89. The van der Waals surface area contributed by atoms with Gasteiger partial charge in [0.1, 0.15) is 6.10 Å². The molecule has 1 atom stereocenters. The number of hydrogen-bond acceptors (Lipinski definition) is 5. The number of nitrogens with one attached hydrogen (secondary N) is 1. The molecule has 0 heterocycles. The molecule has 0 aromatic carbocycles. The molecule has 5 nitrogen and oxygen atoms in total. The molecule has 0 aliphatic rings. The largest absolute Gasteiger partial charge is 0.388 e. The standard InChI is InChI=1S/C11H25NO4/c1-3-4-12-5-6-15-7-8-16-10-11(13)9-14-2/h11-13H,3-10H2,1-2H3. The van der Waals surface area contributed by atoms with E-state index < -0.39 is 6.10 Å². The van der Waals surface area contributed by atoms with Gasteiger partial charge in [0.05, 0.1) is 33.0 Å². The average molecular weight is 235 g/mol. The topological polar surface area (TPSA) is 60.0 Å². The molecule has 0 saturated heterocycles. The maximum Gasteiger partial charge on any atom is 0.101 e. The van der Waals surface area contributed by atoms with Crippen LogP contribution in [-0.4, -0.2) is 64.4 Å². The summed E-state index contributed by atoms with van der Waals surface area (Å²) in [4.78, 5) is 0. The van der Waals surface area contributed by atoms with Crippen LogP contribution in [0.1, 0.15) is 13.3 Å². The molecule has 0 radical (unpaired) electrons. The predicted molar refractivity (Wildman–Crippen MR) is 62.7 cm³/mol. The minimum Gasteiger partial charge on any atom is -0.388 e. The van der Waals surface area contributed by atoms with Crippen molar-refractivity contribution in [3.8, 4) is 0 Å². The van der Waals surface area contributed by atoms with Crippen LogP contribution >= 0.6 is 0 Å². The summed E-state index contributed by atoms with van der Waals surface area (Å²) in [7, 11) is 1.55. The first kappa shape index (κ1) is 15.8. The summed E-state index contributed by atoms with van der Waals surface area (Å²) in [6, 6.07) is 0. The monoisotopic (exact) mass is 235 g/mol. The highest BCUT2D eigenvalue weighted by Crippen LogP contribution is 1.86. The molecule has 0 fully saturated rings. The molecular formula is C11H25NO4. The molecule has 0 aromatic heterocycles. The Morgan fingerprint density at radius 3 is 2.50 bits per heavy atom. The van der Waals surface area contributed by atoms with Crippen molar-refractivity contribution in [2.75, 3.05) is 53.2 Å². The van der Waals surface area contributed by atoms with Gasteiger partial charge in [-0.3, -0.25) is 0 Å². The summed E-state index contributed by atoms with van der Waals surface area (Å²) in [5.41, 5.74) is 0. The van der Waals surface area contributed by atoms with Gasteiger partial charge in [-0.25, -0.2) is 0 Å². The van der Waals surface area contributed by atoms with Crippen LogP contribution in [0.5, 0.6) is 0 Å². The van der Waals surface area contributed by atoms with Crippen molar-refractivity contribution in [1.29, 1.82) is 0 Å². The summed E-state index contributed by atoms with van der Waals surface area (Å²) in [6.45, 7) is 6.41. The maximum absolute atomic E-state index is 9.25. The Bertz CT molecular complexity index is 135. The summed E-state index contributed by atoms with van der Waals surface area (Å²) in [5, 5.41) is 12.5. The molecule has 1 unspecified atom stereocenters. The second-order valence-corrected chi connectivity index (χ2v) is 3.55. The van der Waals surface area contributed by atoms with Gasteiger partial charge in [0.15, 0.2) is 0 Å². The molecule has 0 amide bonds. The molecule has 0 aromatic rings. The lowest BCUT2D eigenvalue weighted by Gasteiger charge is -2.10. The molecule has 2 N–H and O–H groups in total. The molecule has 0 bridgehead atoms. The van der Waals surface area contributed by atoms with E-state index in [1.807, 2.05) is 0 Å². The van der Waals surface area contributed by atoms with Gasteiger partial charge in [-0.1, -0.05) is 6.92 Å². The highest BCUT2D eigenvalue weighted by Gasteiger charge is 2.02. The molecule has 0 aliphatic heterocycles. The second-order valence-electron chi connectivity index (χ2n) is 3.55. The quantitative estimate of drug-likeness (QED) is 0.467. The Hall–Kier alpha value is -0.200. The first-order chi connectivity index (χ1) is 7.81. The van der Waals surface area contributed by atoms with Crippen LogP contribution in [0.25, 0.3) is 0 Å². The van der Waals surface area contributed by atoms with Gasteiger partial charge in [0.2, 0.25) is 0 Å². The van der Waals surface area contributed by atoms with Gasteiger partial charge in [-0.2, -0.15) is 0 Å². The second kappa shape index (κ2) is 12.9. The normalized spacial score (nSPS) is 12.9. The van der Waals surface area contributed by atoms with Crippen molar-refractivity contribution >= 4 is 0 Å². The highest BCUT2D eigenvalue weighted by molar-refractivity contribution is 4.50. The zero-order valence-electron chi connectivity index (χ0n) is 10.4. The van der Waals surface area contributed by atoms with Crippen LogP contribution in [0.4, 0.5) is 0 Å². The zero-order valence-corrected chi connectivity index (χ0v) is 10.4. The van der Waals surface area contributed by atoms with Gasteiger partial charge in [0, 0.05) is 13.7 Å². The van der Waals surface area contributed by atoms with Gasteiger partial charge >= 0.3 is 0 Å². The fourth-order valence-electron chi connectivity index (χ4n) is 1.13. The Morgan fingerprint density at radius 2 is 1.81 bits per heavy atom. The summed E-state index contributed by atoms with van der Waals surface area (Å²) >= 11 is 0. The molecule has 0 rings (SSSR count). The minimum absolute atomic E-state index is 0.297. The SMILES string of the molecule is CCCNCCOCCOCC(O)COC. The van der Waals surface area contributed by atoms with Crippen molar-refractivity contribution in [2.24, 2.45) is 0 Å². The molecule has 16 heavy (non-hydrogen) atoms. The first-order valence-corrected chi connectivity index (χ1v) is 5.84. The number of ether oxygens (including phenoxy) is 3. The summed E-state index contributed by atoms with van der Waals surface area (Å²) in [6.07, 6.45) is 0.594. The Labute approximate surface area is 98.1 Å². The Morgan fingerprint density at radius 1 is 1.06 bits per heavy atom. The van der Waals surface area contributed by atoms with Gasteiger partial charge in [0.25, 0.3) is 0 Å². The third kappa shape index (κ3) is 11.9. The van der Waals surface area contributed by atoms with Crippen molar-refractivity contribution in [2.45, 2.75) is 19.4 Å². The van der Waals surface area contributed by atoms with Crippen molar-refractivity contribution in [3.05, 3.63) is 0 Å². The van der Waals surface area contributed by atoms with Crippen molar-refractivity contribution < 1.29 is 19.3 Å². The van der Waals surface area contributed by atoms with Gasteiger partial charge in [-0.05, 0) is 13.0 Å². The number of rotatable bonds is 12. The van der Waals surface area contributed by atoms with Gasteiger partial charge < -0.3 is 24.6 Å². The molecule has 0 saturated carbocycles. The lowest BCUT2D eigenvalue weighted by atomic mass is 10.4. The highest BCUT2D eigenvalue weighted by atomic mass is 16.5. The fraction of sp³-hybridized carbons (Fsp3) is 1.00. The number of hydrogen-bond donors (Lipinski definition) is 2. The lowest BCUT2D eigenvalue weighted by Crippen LogP contribution is -2.23. The molecule has 0 aliphatic carbocycles.